The van der Waals surface area contributed by atoms with Gasteiger partial charge in [0.2, 0.25) is 0 Å². The summed E-state index contributed by atoms with van der Waals surface area (Å²) >= 11 is 0. The standard InChI is InChI=1S/C17H17F3N2O3S/c1-11-6-7-12(2)15(8-11)26(24,25)22-14-5-3-4-13(9-14)16(23)21-10-17(18,19)20/h3-9,22H,10H2,1-2H3,(H,21,23). The summed E-state index contributed by atoms with van der Waals surface area (Å²) in [7, 11) is -3.91. The van der Waals surface area contributed by atoms with E-state index in [0.29, 0.717) is 5.56 Å². The van der Waals surface area contributed by atoms with Crippen LogP contribution < -0.4 is 10.0 Å². The Morgan fingerprint density at radius 2 is 1.77 bits per heavy atom. The fourth-order valence-electron chi connectivity index (χ4n) is 2.21. The van der Waals surface area contributed by atoms with Crippen LogP contribution in [-0.2, 0) is 10.0 Å². The Morgan fingerprint density at radius 1 is 1.08 bits per heavy atom. The van der Waals surface area contributed by atoms with Gasteiger partial charge in [0.25, 0.3) is 15.9 Å². The lowest BCUT2D eigenvalue weighted by atomic mass is 10.2. The molecule has 1 amide bonds. The van der Waals surface area contributed by atoms with E-state index >= 15 is 0 Å². The molecule has 2 aromatic carbocycles. The fraction of sp³-hybridized carbons (Fsp3) is 0.235. The predicted molar refractivity (Wildman–Crippen MR) is 91.6 cm³/mol. The average Bonchev–Trinajstić information content (AvgIpc) is 2.54. The Bertz CT molecular complexity index is 925. The van der Waals surface area contributed by atoms with E-state index in [1.807, 2.05) is 0 Å². The maximum Gasteiger partial charge on any atom is 0.405 e. The third-order valence-corrected chi connectivity index (χ3v) is 4.98. The molecular weight excluding hydrogens is 369 g/mol. The topological polar surface area (TPSA) is 75.3 Å². The monoisotopic (exact) mass is 386 g/mol. The Balaban J connectivity index is 2.22. The molecular formula is C17H17F3N2O3S. The highest BCUT2D eigenvalue weighted by Crippen LogP contribution is 2.21. The van der Waals surface area contributed by atoms with Gasteiger partial charge in [0.05, 0.1) is 4.90 Å². The second-order valence-electron chi connectivity index (χ2n) is 5.75. The Morgan fingerprint density at radius 3 is 2.42 bits per heavy atom. The number of rotatable bonds is 5. The third kappa shape index (κ3) is 5.22. The summed E-state index contributed by atoms with van der Waals surface area (Å²) in [5, 5.41) is 1.74. The van der Waals surface area contributed by atoms with E-state index < -0.39 is 28.7 Å². The molecule has 2 aromatic rings. The van der Waals surface area contributed by atoms with Crippen molar-refractivity contribution in [3.8, 4) is 0 Å². The summed E-state index contributed by atoms with van der Waals surface area (Å²) in [6.45, 7) is 1.93. The Labute approximate surface area is 149 Å². The first kappa shape index (κ1) is 19.8. The van der Waals surface area contributed by atoms with Gasteiger partial charge in [0.15, 0.2) is 0 Å². The molecule has 0 heterocycles. The lowest BCUT2D eigenvalue weighted by Gasteiger charge is -2.12. The molecule has 0 aliphatic rings. The van der Waals surface area contributed by atoms with Crippen LogP contribution in [0.3, 0.4) is 0 Å². The van der Waals surface area contributed by atoms with Gasteiger partial charge in [0.1, 0.15) is 6.54 Å². The van der Waals surface area contributed by atoms with Crippen LogP contribution in [0.1, 0.15) is 21.5 Å². The van der Waals surface area contributed by atoms with Crippen molar-refractivity contribution in [3.63, 3.8) is 0 Å². The lowest BCUT2D eigenvalue weighted by Crippen LogP contribution is -2.33. The first-order valence-corrected chi connectivity index (χ1v) is 9.01. The van der Waals surface area contributed by atoms with Crippen molar-refractivity contribution in [2.24, 2.45) is 0 Å². The van der Waals surface area contributed by atoms with Crippen molar-refractivity contribution in [2.75, 3.05) is 11.3 Å². The molecule has 5 nitrogen and oxygen atoms in total. The van der Waals surface area contributed by atoms with Crippen LogP contribution >= 0.6 is 0 Å². The van der Waals surface area contributed by atoms with Crippen molar-refractivity contribution in [1.29, 1.82) is 0 Å². The molecule has 0 aliphatic carbocycles. The molecule has 0 aliphatic heterocycles. The summed E-state index contributed by atoms with van der Waals surface area (Å²) < 4.78 is 64.0. The molecule has 26 heavy (non-hydrogen) atoms. The molecule has 0 atom stereocenters. The number of carbonyl (C=O) groups excluding carboxylic acids is 1. The second kappa shape index (κ2) is 7.36. The van der Waals surface area contributed by atoms with Crippen LogP contribution in [-0.4, -0.2) is 27.0 Å². The number of benzene rings is 2. The highest BCUT2D eigenvalue weighted by molar-refractivity contribution is 7.92. The van der Waals surface area contributed by atoms with Crippen LogP contribution in [0.4, 0.5) is 18.9 Å². The number of halogens is 3. The number of hydrogen-bond acceptors (Lipinski definition) is 3. The highest BCUT2D eigenvalue weighted by atomic mass is 32.2. The smallest absolute Gasteiger partial charge is 0.343 e. The average molecular weight is 386 g/mol. The summed E-state index contributed by atoms with van der Waals surface area (Å²) in [4.78, 5) is 11.9. The van der Waals surface area contributed by atoms with Crippen molar-refractivity contribution in [3.05, 3.63) is 59.2 Å². The van der Waals surface area contributed by atoms with E-state index in [0.717, 1.165) is 5.56 Å². The Hall–Kier alpha value is -2.55. The lowest BCUT2D eigenvalue weighted by molar-refractivity contribution is -0.123. The van der Waals surface area contributed by atoms with Gasteiger partial charge < -0.3 is 5.32 Å². The van der Waals surface area contributed by atoms with Crippen molar-refractivity contribution in [2.45, 2.75) is 24.9 Å². The SMILES string of the molecule is Cc1ccc(C)c(S(=O)(=O)Nc2cccc(C(=O)NCC(F)(F)F)c2)c1. The maximum atomic E-state index is 12.6. The molecule has 0 saturated carbocycles. The van der Waals surface area contributed by atoms with E-state index in [1.54, 1.807) is 31.3 Å². The first-order chi connectivity index (χ1) is 12.0. The zero-order chi connectivity index (χ0) is 19.5. The number of carbonyl (C=O) groups is 1. The third-order valence-electron chi connectivity index (χ3n) is 3.46. The van der Waals surface area contributed by atoms with Crippen molar-refractivity contribution < 1.29 is 26.4 Å². The molecule has 2 rings (SSSR count). The number of anilines is 1. The molecule has 140 valence electrons. The molecule has 0 aromatic heterocycles. The number of aryl methyl sites for hydroxylation is 2. The van der Waals surface area contributed by atoms with Gasteiger partial charge in [-0.1, -0.05) is 18.2 Å². The minimum atomic E-state index is -4.53. The number of hydrogen-bond donors (Lipinski definition) is 2. The van der Waals surface area contributed by atoms with E-state index in [2.05, 4.69) is 4.72 Å². The molecule has 0 saturated heterocycles. The largest absolute Gasteiger partial charge is 0.405 e. The molecule has 0 radical (unpaired) electrons. The number of nitrogens with one attached hydrogen (secondary N) is 2. The molecule has 0 fully saturated rings. The summed E-state index contributed by atoms with van der Waals surface area (Å²) in [5.74, 6) is -0.949. The quantitative estimate of drug-likeness (QED) is 0.827. The van der Waals surface area contributed by atoms with E-state index in [4.69, 9.17) is 0 Å². The Kier molecular flexibility index (Phi) is 5.60. The van der Waals surface area contributed by atoms with Gasteiger partial charge in [-0.15, -0.1) is 0 Å². The van der Waals surface area contributed by atoms with Crippen molar-refractivity contribution >= 4 is 21.6 Å². The molecule has 0 spiro atoms. The first-order valence-electron chi connectivity index (χ1n) is 7.53. The van der Waals surface area contributed by atoms with Crippen LogP contribution in [0.25, 0.3) is 0 Å². The van der Waals surface area contributed by atoms with Crippen LogP contribution in [0.2, 0.25) is 0 Å². The van der Waals surface area contributed by atoms with Gasteiger partial charge in [-0.2, -0.15) is 13.2 Å². The maximum absolute atomic E-state index is 12.6. The van der Waals surface area contributed by atoms with Crippen LogP contribution in [0.15, 0.2) is 47.4 Å². The normalized spacial score (nSPS) is 11.9. The highest BCUT2D eigenvalue weighted by Gasteiger charge is 2.28. The minimum Gasteiger partial charge on any atom is -0.343 e. The molecule has 9 heteroatoms. The molecule has 2 N–H and O–H groups in total. The molecule has 0 unspecified atom stereocenters. The van der Waals surface area contributed by atoms with E-state index in [9.17, 15) is 26.4 Å². The van der Waals surface area contributed by atoms with Crippen LogP contribution in [0, 0.1) is 13.8 Å². The van der Waals surface area contributed by atoms with Crippen molar-refractivity contribution in [1.82, 2.24) is 5.32 Å². The van der Waals surface area contributed by atoms with Gasteiger partial charge in [-0.05, 0) is 49.2 Å². The second-order valence-corrected chi connectivity index (χ2v) is 7.40. The fourth-order valence-corrected chi connectivity index (χ4v) is 3.59. The van der Waals surface area contributed by atoms with Gasteiger partial charge in [-0.25, -0.2) is 8.42 Å². The predicted octanol–water partition coefficient (Wildman–Crippen LogP) is 3.40. The minimum absolute atomic E-state index is 0.0746. The zero-order valence-electron chi connectivity index (χ0n) is 14.0. The number of alkyl halides is 3. The molecule has 0 bridgehead atoms. The summed E-state index contributed by atoms with van der Waals surface area (Å²) in [6, 6.07) is 10.2. The summed E-state index contributed by atoms with van der Waals surface area (Å²) in [5.41, 5.74) is 1.29. The van der Waals surface area contributed by atoms with Gasteiger partial charge in [-0.3, -0.25) is 9.52 Å². The van der Waals surface area contributed by atoms with E-state index in [1.165, 1.54) is 30.3 Å². The van der Waals surface area contributed by atoms with E-state index in [-0.39, 0.29) is 16.1 Å². The number of amides is 1. The van der Waals surface area contributed by atoms with Crippen LogP contribution in [0.5, 0.6) is 0 Å². The zero-order valence-corrected chi connectivity index (χ0v) is 14.8. The number of sulfonamides is 1. The van der Waals surface area contributed by atoms with Gasteiger partial charge in [0, 0.05) is 11.3 Å². The van der Waals surface area contributed by atoms with Gasteiger partial charge >= 0.3 is 6.18 Å². The summed E-state index contributed by atoms with van der Waals surface area (Å²) in [6.07, 6.45) is -4.53.